The quantitative estimate of drug-likeness (QED) is 0.500. The number of unbranched alkanes of at least 4 members (excludes halogenated alkanes) is 2. The Hall–Kier alpha value is -1.85. The zero-order chi connectivity index (χ0) is 20.1. The van der Waals surface area contributed by atoms with Crippen LogP contribution in [0.1, 0.15) is 56.1 Å². The first-order chi connectivity index (χ1) is 13.5. The van der Waals surface area contributed by atoms with Crippen molar-refractivity contribution in [1.29, 1.82) is 0 Å². The molecule has 0 aliphatic carbocycles. The summed E-state index contributed by atoms with van der Waals surface area (Å²) in [6, 6.07) is 7.50. The van der Waals surface area contributed by atoms with Gasteiger partial charge in [-0.25, -0.2) is 13.2 Å². The van der Waals surface area contributed by atoms with Gasteiger partial charge < -0.3 is 9.47 Å². The fourth-order valence-electron chi connectivity index (χ4n) is 3.53. The summed E-state index contributed by atoms with van der Waals surface area (Å²) in [6.45, 7) is 4.72. The van der Waals surface area contributed by atoms with Crippen LogP contribution >= 0.6 is 0 Å². The smallest absolute Gasteiger partial charge is 0.166 e. The third-order valence-electron chi connectivity index (χ3n) is 5.32. The number of aryl methyl sites for hydroxylation is 1. The second-order valence-corrected chi connectivity index (χ2v) is 7.41. The molecule has 2 nitrogen and oxygen atoms in total. The van der Waals surface area contributed by atoms with E-state index in [1.54, 1.807) is 25.1 Å². The molecule has 1 aliphatic heterocycles. The SMILES string of the molecule is CCCCCOC1CCC(c2ccc(-c3ccc(C)c(F)c3)c(F)c2F)CO1. The van der Waals surface area contributed by atoms with Crippen LogP contribution in [-0.2, 0) is 9.47 Å². The van der Waals surface area contributed by atoms with E-state index in [0.29, 0.717) is 42.7 Å². The van der Waals surface area contributed by atoms with Gasteiger partial charge in [0.25, 0.3) is 0 Å². The Kier molecular flexibility index (Phi) is 7.13. The fourth-order valence-corrected chi connectivity index (χ4v) is 3.53. The average molecular weight is 392 g/mol. The fraction of sp³-hybridized carbons (Fsp3) is 0.478. The van der Waals surface area contributed by atoms with Gasteiger partial charge in [-0.05, 0) is 48.9 Å². The van der Waals surface area contributed by atoms with E-state index >= 15 is 0 Å². The number of ether oxygens (including phenoxy) is 2. The van der Waals surface area contributed by atoms with Crippen molar-refractivity contribution in [1.82, 2.24) is 0 Å². The van der Waals surface area contributed by atoms with Gasteiger partial charge in [0.15, 0.2) is 17.9 Å². The highest BCUT2D eigenvalue weighted by atomic mass is 19.2. The summed E-state index contributed by atoms with van der Waals surface area (Å²) in [5.74, 6) is -2.48. The van der Waals surface area contributed by atoms with Crippen LogP contribution in [0.15, 0.2) is 30.3 Å². The lowest BCUT2D eigenvalue weighted by molar-refractivity contribution is -0.168. The number of hydrogen-bond donors (Lipinski definition) is 0. The highest BCUT2D eigenvalue weighted by molar-refractivity contribution is 5.65. The maximum Gasteiger partial charge on any atom is 0.166 e. The summed E-state index contributed by atoms with van der Waals surface area (Å²) in [5, 5.41) is 0. The Morgan fingerprint density at radius 1 is 1.04 bits per heavy atom. The molecule has 28 heavy (non-hydrogen) atoms. The van der Waals surface area contributed by atoms with Crippen molar-refractivity contribution in [2.45, 2.75) is 58.2 Å². The van der Waals surface area contributed by atoms with Crippen molar-refractivity contribution in [2.24, 2.45) is 0 Å². The molecule has 0 N–H and O–H groups in total. The first-order valence-corrected chi connectivity index (χ1v) is 9.98. The van der Waals surface area contributed by atoms with Crippen LogP contribution in [0.25, 0.3) is 11.1 Å². The van der Waals surface area contributed by atoms with Gasteiger partial charge in [-0.15, -0.1) is 0 Å². The molecule has 0 spiro atoms. The van der Waals surface area contributed by atoms with Crippen LogP contribution in [0.2, 0.25) is 0 Å². The van der Waals surface area contributed by atoms with E-state index in [0.717, 1.165) is 19.3 Å². The molecule has 3 rings (SSSR count). The predicted octanol–water partition coefficient (Wildman–Crippen LogP) is 6.51. The molecule has 1 aliphatic rings. The van der Waals surface area contributed by atoms with Gasteiger partial charge in [0, 0.05) is 18.1 Å². The van der Waals surface area contributed by atoms with Crippen molar-refractivity contribution < 1.29 is 22.6 Å². The van der Waals surface area contributed by atoms with Crippen molar-refractivity contribution in [3.8, 4) is 11.1 Å². The van der Waals surface area contributed by atoms with Crippen LogP contribution in [0.5, 0.6) is 0 Å². The Bertz CT molecular complexity index is 799. The second-order valence-electron chi connectivity index (χ2n) is 7.41. The van der Waals surface area contributed by atoms with Crippen molar-refractivity contribution >= 4 is 0 Å². The molecular weight excluding hydrogens is 365 g/mol. The van der Waals surface area contributed by atoms with Crippen LogP contribution in [0.3, 0.4) is 0 Å². The standard InChI is InChI=1S/C23H27F3O2/c1-3-4-5-12-27-21-11-8-17(14-28-21)19-10-9-18(22(25)23(19)26)16-7-6-15(2)20(24)13-16/h6-7,9-10,13,17,21H,3-5,8,11-12,14H2,1-2H3. The highest BCUT2D eigenvalue weighted by Gasteiger charge is 2.27. The Labute approximate surface area is 164 Å². The van der Waals surface area contributed by atoms with Crippen molar-refractivity contribution in [3.63, 3.8) is 0 Å². The summed E-state index contributed by atoms with van der Waals surface area (Å²) in [6.07, 6.45) is 4.32. The van der Waals surface area contributed by atoms with Gasteiger partial charge in [-0.1, -0.05) is 44.0 Å². The van der Waals surface area contributed by atoms with Crippen molar-refractivity contribution in [3.05, 3.63) is 58.9 Å². The molecule has 0 radical (unpaired) electrons. The largest absolute Gasteiger partial charge is 0.353 e. The van der Waals surface area contributed by atoms with E-state index in [9.17, 15) is 13.2 Å². The monoisotopic (exact) mass is 392 g/mol. The molecule has 5 heteroatoms. The maximum atomic E-state index is 14.7. The molecule has 0 bridgehead atoms. The number of halogens is 3. The lowest BCUT2D eigenvalue weighted by Crippen LogP contribution is -2.28. The minimum atomic E-state index is -0.946. The Balaban J connectivity index is 1.67. The highest BCUT2D eigenvalue weighted by Crippen LogP contribution is 2.34. The van der Waals surface area contributed by atoms with Gasteiger partial charge in [0.2, 0.25) is 0 Å². The Morgan fingerprint density at radius 3 is 2.54 bits per heavy atom. The maximum absolute atomic E-state index is 14.7. The summed E-state index contributed by atoms with van der Waals surface area (Å²) in [4.78, 5) is 0. The van der Waals surface area contributed by atoms with E-state index in [1.165, 1.54) is 12.1 Å². The first kappa shape index (κ1) is 20.9. The van der Waals surface area contributed by atoms with Gasteiger partial charge in [-0.3, -0.25) is 0 Å². The molecular formula is C23H27F3O2. The van der Waals surface area contributed by atoms with Crippen LogP contribution < -0.4 is 0 Å². The molecule has 1 saturated heterocycles. The summed E-state index contributed by atoms with van der Waals surface area (Å²) >= 11 is 0. The molecule has 1 heterocycles. The number of benzene rings is 2. The molecule has 2 atom stereocenters. The van der Waals surface area contributed by atoms with Crippen molar-refractivity contribution in [2.75, 3.05) is 13.2 Å². The Morgan fingerprint density at radius 2 is 1.86 bits per heavy atom. The molecule has 0 amide bonds. The van der Waals surface area contributed by atoms with Crippen LogP contribution in [0.4, 0.5) is 13.2 Å². The molecule has 1 fully saturated rings. The zero-order valence-electron chi connectivity index (χ0n) is 16.4. The summed E-state index contributed by atoms with van der Waals surface area (Å²) < 4.78 is 54.6. The van der Waals surface area contributed by atoms with E-state index < -0.39 is 17.5 Å². The van der Waals surface area contributed by atoms with Gasteiger partial charge in [-0.2, -0.15) is 0 Å². The van der Waals surface area contributed by atoms with Gasteiger partial charge in [0.1, 0.15) is 5.82 Å². The normalized spacial score (nSPS) is 19.8. The minimum Gasteiger partial charge on any atom is -0.353 e. The van der Waals surface area contributed by atoms with E-state index in [4.69, 9.17) is 9.47 Å². The van der Waals surface area contributed by atoms with Gasteiger partial charge >= 0.3 is 0 Å². The van der Waals surface area contributed by atoms with Gasteiger partial charge in [0.05, 0.1) is 6.61 Å². The molecule has 0 aromatic heterocycles. The number of rotatable bonds is 7. The second kappa shape index (κ2) is 9.57. The van der Waals surface area contributed by atoms with Crippen LogP contribution in [-0.4, -0.2) is 19.5 Å². The van der Waals surface area contributed by atoms with Crippen LogP contribution in [0, 0.1) is 24.4 Å². The third-order valence-corrected chi connectivity index (χ3v) is 5.32. The number of hydrogen-bond acceptors (Lipinski definition) is 2. The lowest BCUT2D eigenvalue weighted by atomic mass is 9.90. The molecule has 2 aromatic carbocycles. The van der Waals surface area contributed by atoms with E-state index in [2.05, 4.69) is 6.92 Å². The van der Waals surface area contributed by atoms with E-state index in [-0.39, 0.29) is 17.8 Å². The summed E-state index contributed by atoms with van der Waals surface area (Å²) in [5.41, 5.74) is 1.16. The zero-order valence-corrected chi connectivity index (χ0v) is 16.4. The molecule has 2 unspecified atom stereocenters. The molecule has 0 saturated carbocycles. The molecule has 152 valence electrons. The topological polar surface area (TPSA) is 18.5 Å². The lowest BCUT2D eigenvalue weighted by Gasteiger charge is -2.29. The third kappa shape index (κ3) is 4.76. The molecule has 2 aromatic rings. The minimum absolute atomic E-state index is 0.0639. The predicted molar refractivity (Wildman–Crippen MR) is 104 cm³/mol. The first-order valence-electron chi connectivity index (χ1n) is 9.98. The van der Waals surface area contributed by atoms with E-state index in [1.807, 2.05) is 0 Å². The summed E-state index contributed by atoms with van der Waals surface area (Å²) in [7, 11) is 0. The average Bonchev–Trinajstić information content (AvgIpc) is 2.70.